The Bertz CT molecular complexity index is 436. The highest BCUT2D eigenvalue weighted by Crippen LogP contribution is 2.22. The lowest BCUT2D eigenvalue weighted by Crippen LogP contribution is -2.37. The quantitative estimate of drug-likeness (QED) is 0.848. The molecule has 0 spiro atoms. The summed E-state index contributed by atoms with van der Waals surface area (Å²) in [4.78, 5) is 11.5. The minimum Gasteiger partial charge on any atom is -0.490 e. The van der Waals surface area contributed by atoms with Crippen molar-refractivity contribution < 1.29 is 9.53 Å². The largest absolute Gasteiger partial charge is 0.490 e. The van der Waals surface area contributed by atoms with E-state index in [1.54, 1.807) is 6.92 Å². The number of amides is 1. The predicted molar refractivity (Wildman–Crippen MR) is 84.3 cm³/mol. The Hall–Kier alpha value is -1.26. The minimum absolute atomic E-state index is 0. The number of carbonyl (C=O) groups excluding carboxylic acids is 1. The zero-order valence-electron chi connectivity index (χ0n) is 12.6. The first-order chi connectivity index (χ1) is 8.93. The van der Waals surface area contributed by atoms with E-state index in [0.29, 0.717) is 6.54 Å². The van der Waals surface area contributed by atoms with Crippen molar-refractivity contribution in [2.45, 2.75) is 52.8 Å². The number of rotatable bonds is 6. The van der Waals surface area contributed by atoms with Gasteiger partial charge in [-0.25, -0.2) is 0 Å². The molecule has 3 N–H and O–H groups in total. The molecule has 0 radical (unpaired) electrons. The molecule has 1 rings (SSSR count). The molecule has 1 amide bonds. The lowest BCUT2D eigenvalue weighted by atomic mass is 10.1. The van der Waals surface area contributed by atoms with Crippen molar-refractivity contribution in [3.05, 3.63) is 29.3 Å². The monoisotopic (exact) mass is 300 g/mol. The van der Waals surface area contributed by atoms with Crippen LogP contribution in [0.5, 0.6) is 5.75 Å². The van der Waals surface area contributed by atoms with Crippen LogP contribution in [0.15, 0.2) is 18.2 Å². The van der Waals surface area contributed by atoms with Gasteiger partial charge in [-0.3, -0.25) is 4.79 Å². The first-order valence-corrected chi connectivity index (χ1v) is 6.73. The average molecular weight is 301 g/mol. The van der Waals surface area contributed by atoms with Crippen LogP contribution in [-0.2, 0) is 11.3 Å². The van der Waals surface area contributed by atoms with Gasteiger partial charge >= 0.3 is 0 Å². The SMILES string of the molecule is CCC(C)Oc1cc(C)ccc1CNC(=O)[C@H](C)N.Cl. The van der Waals surface area contributed by atoms with Crippen molar-refractivity contribution in [3.63, 3.8) is 0 Å². The summed E-state index contributed by atoms with van der Waals surface area (Å²) in [7, 11) is 0. The van der Waals surface area contributed by atoms with Gasteiger partial charge < -0.3 is 15.8 Å². The van der Waals surface area contributed by atoms with Gasteiger partial charge in [0.25, 0.3) is 0 Å². The molecule has 20 heavy (non-hydrogen) atoms. The molecule has 114 valence electrons. The number of hydrogen-bond acceptors (Lipinski definition) is 3. The summed E-state index contributed by atoms with van der Waals surface area (Å²) in [5.74, 6) is 0.675. The molecule has 0 fully saturated rings. The van der Waals surface area contributed by atoms with Gasteiger partial charge in [0.05, 0.1) is 12.1 Å². The fourth-order valence-electron chi connectivity index (χ4n) is 1.56. The maximum atomic E-state index is 11.5. The highest BCUT2D eigenvalue weighted by molar-refractivity contribution is 5.85. The van der Waals surface area contributed by atoms with E-state index in [1.807, 2.05) is 32.0 Å². The van der Waals surface area contributed by atoms with Crippen molar-refractivity contribution in [3.8, 4) is 5.75 Å². The van der Waals surface area contributed by atoms with Crippen molar-refractivity contribution in [2.75, 3.05) is 0 Å². The molecular formula is C15H25ClN2O2. The van der Waals surface area contributed by atoms with Gasteiger partial charge in [0.2, 0.25) is 5.91 Å². The molecule has 0 saturated carbocycles. The maximum Gasteiger partial charge on any atom is 0.236 e. The molecule has 4 nitrogen and oxygen atoms in total. The number of ether oxygens (including phenoxy) is 1. The van der Waals surface area contributed by atoms with Gasteiger partial charge in [0, 0.05) is 12.1 Å². The Labute approximate surface area is 127 Å². The van der Waals surface area contributed by atoms with E-state index in [0.717, 1.165) is 23.3 Å². The summed E-state index contributed by atoms with van der Waals surface area (Å²) >= 11 is 0. The normalized spacial score (nSPS) is 13.1. The van der Waals surface area contributed by atoms with Crippen LogP contribution in [-0.4, -0.2) is 18.1 Å². The van der Waals surface area contributed by atoms with Gasteiger partial charge in [-0.2, -0.15) is 0 Å². The van der Waals surface area contributed by atoms with Gasteiger partial charge in [-0.05, 0) is 38.8 Å². The minimum atomic E-state index is -0.496. The average Bonchev–Trinajstić information content (AvgIpc) is 2.37. The van der Waals surface area contributed by atoms with Crippen LogP contribution >= 0.6 is 12.4 Å². The van der Waals surface area contributed by atoms with Gasteiger partial charge in [-0.1, -0.05) is 19.1 Å². The molecule has 1 aromatic rings. The van der Waals surface area contributed by atoms with E-state index >= 15 is 0 Å². The van der Waals surface area contributed by atoms with Crippen LogP contribution in [0.25, 0.3) is 0 Å². The fourth-order valence-corrected chi connectivity index (χ4v) is 1.56. The Kier molecular flexibility index (Phi) is 8.26. The number of nitrogens with one attached hydrogen (secondary N) is 1. The summed E-state index contributed by atoms with van der Waals surface area (Å²) in [5.41, 5.74) is 7.63. The zero-order chi connectivity index (χ0) is 14.4. The van der Waals surface area contributed by atoms with Crippen molar-refractivity contribution in [2.24, 2.45) is 5.73 Å². The van der Waals surface area contributed by atoms with E-state index in [4.69, 9.17) is 10.5 Å². The standard InChI is InChI=1S/C15H24N2O2.ClH/c1-5-11(3)19-14-8-10(2)6-7-13(14)9-17-15(18)12(4)16;/h6-8,11-12H,5,9,16H2,1-4H3,(H,17,18);1H/t11?,12-;/m0./s1. The number of carbonyl (C=O) groups is 1. The van der Waals surface area contributed by atoms with Crippen molar-refractivity contribution in [1.82, 2.24) is 5.32 Å². The van der Waals surface area contributed by atoms with E-state index in [2.05, 4.69) is 12.2 Å². The van der Waals surface area contributed by atoms with Gasteiger partial charge in [0.15, 0.2) is 0 Å². The van der Waals surface area contributed by atoms with Crippen LogP contribution in [0.1, 0.15) is 38.3 Å². The van der Waals surface area contributed by atoms with Crippen LogP contribution in [0.2, 0.25) is 0 Å². The molecule has 5 heteroatoms. The molecule has 0 saturated heterocycles. The second-order valence-corrected chi connectivity index (χ2v) is 4.95. The molecule has 0 aliphatic rings. The topological polar surface area (TPSA) is 64.3 Å². The second-order valence-electron chi connectivity index (χ2n) is 4.95. The number of benzene rings is 1. The number of hydrogen-bond donors (Lipinski definition) is 2. The second kappa shape index (κ2) is 8.82. The third-order valence-corrected chi connectivity index (χ3v) is 2.99. The smallest absolute Gasteiger partial charge is 0.236 e. The van der Waals surface area contributed by atoms with Crippen LogP contribution in [0, 0.1) is 6.92 Å². The molecule has 2 atom stereocenters. The van der Waals surface area contributed by atoms with Crippen LogP contribution in [0.3, 0.4) is 0 Å². The third kappa shape index (κ3) is 5.80. The molecule has 0 aliphatic heterocycles. The molecule has 1 unspecified atom stereocenters. The first kappa shape index (κ1) is 18.7. The van der Waals surface area contributed by atoms with Crippen molar-refractivity contribution in [1.29, 1.82) is 0 Å². The van der Waals surface area contributed by atoms with E-state index in [1.165, 1.54) is 0 Å². The first-order valence-electron chi connectivity index (χ1n) is 6.73. The Balaban J connectivity index is 0.00000361. The number of aryl methyl sites for hydroxylation is 1. The molecule has 0 bridgehead atoms. The molecular weight excluding hydrogens is 276 g/mol. The Morgan fingerprint density at radius 1 is 1.40 bits per heavy atom. The zero-order valence-corrected chi connectivity index (χ0v) is 13.4. The van der Waals surface area contributed by atoms with E-state index in [-0.39, 0.29) is 24.4 Å². The highest BCUT2D eigenvalue weighted by Gasteiger charge is 2.11. The van der Waals surface area contributed by atoms with Gasteiger partial charge in [0.1, 0.15) is 5.75 Å². The predicted octanol–water partition coefficient (Wildman–Crippen LogP) is 2.56. The van der Waals surface area contributed by atoms with Gasteiger partial charge in [-0.15, -0.1) is 12.4 Å². The Morgan fingerprint density at radius 2 is 2.05 bits per heavy atom. The summed E-state index contributed by atoms with van der Waals surface area (Å²) in [6, 6.07) is 5.50. The lowest BCUT2D eigenvalue weighted by Gasteiger charge is -2.17. The fraction of sp³-hybridized carbons (Fsp3) is 0.533. The summed E-state index contributed by atoms with van der Waals surface area (Å²) in [5, 5.41) is 2.81. The molecule has 0 heterocycles. The highest BCUT2D eigenvalue weighted by atomic mass is 35.5. The lowest BCUT2D eigenvalue weighted by molar-refractivity contribution is -0.122. The number of nitrogens with two attached hydrogens (primary N) is 1. The van der Waals surface area contributed by atoms with Crippen LogP contribution in [0.4, 0.5) is 0 Å². The molecule has 0 aliphatic carbocycles. The third-order valence-electron chi connectivity index (χ3n) is 2.99. The van der Waals surface area contributed by atoms with Crippen molar-refractivity contribution >= 4 is 18.3 Å². The molecule has 1 aromatic carbocycles. The summed E-state index contributed by atoms with van der Waals surface area (Å²) < 4.78 is 5.89. The summed E-state index contributed by atoms with van der Waals surface area (Å²) in [6.45, 7) is 8.24. The Morgan fingerprint density at radius 3 is 2.60 bits per heavy atom. The number of halogens is 1. The van der Waals surface area contributed by atoms with E-state index < -0.39 is 6.04 Å². The molecule has 0 aromatic heterocycles. The van der Waals surface area contributed by atoms with E-state index in [9.17, 15) is 4.79 Å². The van der Waals surface area contributed by atoms with Crippen LogP contribution < -0.4 is 15.8 Å². The maximum absolute atomic E-state index is 11.5. The summed E-state index contributed by atoms with van der Waals surface area (Å²) in [6.07, 6.45) is 1.10.